The zero-order valence-corrected chi connectivity index (χ0v) is 11.7. The Kier molecular flexibility index (Phi) is 3.63. The average molecular weight is 324 g/mol. The van der Waals surface area contributed by atoms with Gasteiger partial charge < -0.3 is 0 Å². The van der Waals surface area contributed by atoms with Gasteiger partial charge in [0.1, 0.15) is 0 Å². The van der Waals surface area contributed by atoms with Gasteiger partial charge in [-0.15, -0.1) is 0 Å². The van der Waals surface area contributed by atoms with Crippen molar-refractivity contribution in [1.29, 1.82) is 0 Å². The highest BCUT2D eigenvalue weighted by Gasteiger charge is 2.28. The quantitative estimate of drug-likeness (QED) is 0.384. The van der Waals surface area contributed by atoms with E-state index in [9.17, 15) is 22.0 Å². The van der Waals surface area contributed by atoms with Crippen molar-refractivity contribution < 1.29 is 22.0 Å². The zero-order chi connectivity index (χ0) is 16.7. The number of para-hydroxylation sites is 1. The van der Waals surface area contributed by atoms with E-state index in [2.05, 4.69) is 5.10 Å². The van der Waals surface area contributed by atoms with Gasteiger partial charge in [-0.3, -0.25) is 0 Å². The summed E-state index contributed by atoms with van der Waals surface area (Å²) in [6, 6.07) is 9.88. The van der Waals surface area contributed by atoms with E-state index >= 15 is 0 Å². The molecule has 1 aromatic heterocycles. The van der Waals surface area contributed by atoms with E-state index in [0.717, 1.165) is 0 Å². The van der Waals surface area contributed by atoms with Gasteiger partial charge >= 0.3 is 0 Å². The molecule has 1 heterocycles. The van der Waals surface area contributed by atoms with E-state index in [0.29, 0.717) is 11.4 Å². The maximum Gasteiger partial charge on any atom is 0.200 e. The molecule has 118 valence electrons. The number of hydrogen-bond donors (Lipinski definition) is 0. The van der Waals surface area contributed by atoms with Crippen LogP contribution in [0.4, 0.5) is 22.0 Å². The summed E-state index contributed by atoms with van der Waals surface area (Å²) in [6.07, 6.45) is 0. The molecule has 0 N–H and O–H groups in total. The van der Waals surface area contributed by atoms with Crippen molar-refractivity contribution in [2.45, 2.75) is 6.92 Å². The van der Waals surface area contributed by atoms with Crippen LogP contribution in [0.2, 0.25) is 0 Å². The second-order valence-electron chi connectivity index (χ2n) is 4.86. The van der Waals surface area contributed by atoms with Gasteiger partial charge in [-0.2, -0.15) is 5.10 Å². The monoisotopic (exact) mass is 324 g/mol. The van der Waals surface area contributed by atoms with Gasteiger partial charge in [0, 0.05) is 5.69 Å². The molecule has 3 rings (SSSR count). The molecule has 0 spiro atoms. The molecule has 0 saturated heterocycles. The van der Waals surface area contributed by atoms with Gasteiger partial charge in [-0.25, -0.2) is 26.6 Å². The highest BCUT2D eigenvalue weighted by Crippen LogP contribution is 2.31. The van der Waals surface area contributed by atoms with Crippen LogP contribution in [0.25, 0.3) is 16.9 Å². The van der Waals surface area contributed by atoms with Crippen LogP contribution in [0, 0.1) is 36.0 Å². The fourth-order valence-electron chi connectivity index (χ4n) is 2.26. The van der Waals surface area contributed by atoms with E-state index < -0.39 is 34.6 Å². The summed E-state index contributed by atoms with van der Waals surface area (Å²) in [6.45, 7) is 1.61. The number of benzene rings is 2. The van der Waals surface area contributed by atoms with E-state index in [1.54, 1.807) is 37.3 Å². The number of nitrogens with zero attached hydrogens (tertiary/aromatic N) is 2. The van der Waals surface area contributed by atoms with Gasteiger partial charge in [0.2, 0.25) is 5.82 Å². The van der Waals surface area contributed by atoms with E-state index in [-0.39, 0.29) is 5.69 Å². The lowest BCUT2D eigenvalue weighted by atomic mass is 10.1. The molecule has 0 aliphatic rings. The van der Waals surface area contributed by atoms with Crippen molar-refractivity contribution in [2.24, 2.45) is 0 Å². The first kappa shape index (κ1) is 15.2. The molecule has 0 fully saturated rings. The highest BCUT2D eigenvalue weighted by atomic mass is 19.2. The Morgan fingerprint density at radius 1 is 0.783 bits per heavy atom. The molecule has 0 unspecified atom stereocenters. The van der Waals surface area contributed by atoms with Crippen LogP contribution >= 0.6 is 0 Å². The number of aryl methyl sites for hydroxylation is 1. The second kappa shape index (κ2) is 5.49. The van der Waals surface area contributed by atoms with Crippen molar-refractivity contribution in [3.05, 3.63) is 71.2 Å². The minimum atomic E-state index is -2.19. The number of aromatic nitrogens is 2. The van der Waals surface area contributed by atoms with Gasteiger partial charge in [-0.05, 0) is 25.1 Å². The maximum absolute atomic E-state index is 13.9. The Hall–Kier alpha value is -2.70. The molecule has 0 amide bonds. The van der Waals surface area contributed by atoms with Crippen molar-refractivity contribution >= 4 is 0 Å². The number of rotatable bonds is 2. The Morgan fingerprint density at radius 3 is 1.87 bits per heavy atom. The second-order valence-corrected chi connectivity index (χ2v) is 4.86. The fourth-order valence-corrected chi connectivity index (χ4v) is 2.26. The standard InChI is InChI=1S/C16H9F5N2/c1-8-7-10(22-23(8)9-5-3-2-4-6-9)11-12(17)14(19)16(21)15(20)13(11)18/h2-7H,1H3. The van der Waals surface area contributed by atoms with E-state index in [4.69, 9.17) is 0 Å². The lowest BCUT2D eigenvalue weighted by Crippen LogP contribution is -2.05. The van der Waals surface area contributed by atoms with Crippen LogP contribution in [0.1, 0.15) is 5.69 Å². The summed E-state index contributed by atoms with van der Waals surface area (Å²) in [5.74, 6) is -9.99. The minimum Gasteiger partial charge on any atom is -0.237 e. The molecule has 0 saturated carbocycles. The average Bonchev–Trinajstić information content (AvgIpc) is 2.93. The summed E-state index contributed by atoms with van der Waals surface area (Å²) in [5.41, 5.74) is -0.298. The molecule has 0 radical (unpaired) electrons. The van der Waals surface area contributed by atoms with Crippen molar-refractivity contribution in [3.8, 4) is 16.9 Å². The van der Waals surface area contributed by atoms with Crippen LogP contribution in [0.3, 0.4) is 0 Å². The van der Waals surface area contributed by atoms with E-state index in [1.807, 2.05) is 0 Å². The van der Waals surface area contributed by atoms with E-state index in [1.165, 1.54) is 10.7 Å². The molecule has 23 heavy (non-hydrogen) atoms. The third-order valence-corrected chi connectivity index (χ3v) is 3.35. The third kappa shape index (κ3) is 2.38. The lowest BCUT2D eigenvalue weighted by molar-refractivity contribution is 0.381. The van der Waals surface area contributed by atoms with Crippen molar-refractivity contribution in [2.75, 3.05) is 0 Å². The molecule has 2 nitrogen and oxygen atoms in total. The fraction of sp³-hybridized carbons (Fsp3) is 0.0625. The SMILES string of the molecule is Cc1cc(-c2c(F)c(F)c(F)c(F)c2F)nn1-c1ccccc1. The molecule has 0 aliphatic carbocycles. The van der Waals surface area contributed by atoms with Crippen LogP contribution in [0.15, 0.2) is 36.4 Å². The van der Waals surface area contributed by atoms with Gasteiger partial charge in [0.05, 0.1) is 16.9 Å². The topological polar surface area (TPSA) is 17.8 Å². The summed E-state index contributed by atoms with van der Waals surface area (Å²) in [5, 5.41) is 3.96. The summed E-state index contributed by atoms with van der Waals surface area (Å²) in [7, 11) is 0. The largest absolute Gasteiger partial charge is 0.237 e. The Labute approximate surface area is 127 Å². The molecule has 3 aromatic rings. The molecule has 0 bridgehead atoms. The van der Waals surface area contributed by atoms with Gasteiger partial charge in [-0.1, -0.05) is 18.2 Å². The summed E-state index contributed by atoms with van der Waals surface area (Å²) in [4.78, 5) is 0. The lowest BCUT2D eigenvalue weighted by Gasteiger charge is -2.06. The molecule has 0 aliphatic heterocycles. The first-order valence-electron chi connectivity index (χ1n) is 6.55. The summed E-state index contributed by atoms with van der Waals surface area (Å²) < 4.78 is 68.8. The van der Waals surface area contributed by atoms with Crippen LogP contribution in [0.5, 0.6) is 0 Å². The Bertz CT molecular complexity index is 858. The van der Waals surface area contributed by atoms with Gasteiger partial charge in [0.25, 0.3) is 0 Å². The Morgan fingerprint density at radius 2 is 1.30 bits per heavy atom. The van der Waals surface area contributed by atoms with Crippen LogP contribution in [-0.2, 0) is 0 Å². The maximum atomic E-state index is 13.9. The molecule has 2 aromatic carbocycles. The number of hydrogen-bond acceptors (Lipinski definition) is 1. The van der Waals surface area contributed by atoms with Crippen molar-refractivity contribution in [1.82, 2.24) is 9.78 Å². The zero-order valence-electron chi connectivity index (χ0n) is 11.7. The predicted molar refractivity (Wildman–Crippen MR) is 73.5 cm³/mol. The minimum absolute atomic E-state index is 0.334. The molecule has 0 atom stereocenters. The van der Waals surface area contributed by atoms with Crippen LogP contribution < -0.4 is 0 Å². The molecular weight excluding hydrogens is 315 g/mol. The highest BCUT2D eigenvalue weighted by molar-refractivity contribution is 5.62. The van der Waals surface area contributed by atoms with Crippen LogP contribution in [-0.4, -0.2) is 9.78 Å². The molecule has 7 heteroatoms. The normalized spacial score (nSPS) is 11.0. The number of halogens is 5. The predicted octanol–water partition coefficient (Wildman–Crippen LogP) is 4.54. The Balaban J connectivity index is 2.22. The molecular formula is C16H9F5N2. The smallest absolute Gasteiger partial charge is 0.200 e. The van der Waals surface area contributed by atoms with Gasteiger partial charge in [0.15, 0.2) is 23.3 Å². The summed E-state index contributed by atoms with van der Waals surface area (Å²) >= 11 is 0. The van der Waals surface area contributed by atoms with Crippen molar-refractivity contribution in [3.63, 3.8) is 0 Å². The first-order chi connectivity index (χ1) is 10.9. The first-order valence-corrected chi connectivity index (χ1v) is 6.55. The third-order valence-electron chi connectivity index (χ3n) is 3.35.